The van der Waals surface area contributed by atoms with Crippen molar-refractivity contribution in [2.45, 2.75) is 63.4 Å². The van der Waals surface area contributed by atoms with Crippen LogP contribution in [-0.4, -0.2) is 96.4 Å². The molecule has 5 atom stereocenters. The van der Waals surface area contributed by atoms with Crippen LogP contribution in [0.5, 0.6) is 0 Å². The van der Waals surface area contributed by atoms with E-state index < -0.39 is 24.4 Å². The second kappa shape index (κ2) is 25.5. The van der Waals surface area contributed by atoms with Crippen LogP contribution in [0.1, 0.15) is 28.7 Å². The third-order valence-corrected chi connectivity index (χ3v) is 9.01. The maximum absolute atomic E-state index is 6.96. The van der Waals surface area contributed by atoms with Gasteiger partial charge in [0.05, 0.1) is 78.8 Å². The molecule has 4 aromatic carbocycles. The summed E-state index contributed by atoms with van der Waals surface area (Å²) < 4.78 is 50.4. The van der Waals surface area contributed by atoms with Gasteiger partial charge in [-0.1, -0.05) is 121 Å². The Bertz CT molecular complexity index is 1490. The van der Waals surface area contributed by atoms with E-state index in [0.29, 0.717) is 98.7 Å². The van der Waals surface area contributed by atoms with Crippen molar-refractivity contribution in [2.75, 3.05) is 65.9 Å². The number of benzene rings is 4. The summed E-state index contributed by atoms with van der Waals surface area (Å²) in [5.41, 5.74) is 9.76. The van der Waals surface area contributed by atoms with Crippen molar-refractivity contribution in [1.82, 2.24) is 5.32 Å². The van der Waals surface area contributed by atoms with Gasteiger partial charge in [0.2, 0.25) is 0 Å². The number of hydrogen-bond acceptors (Lipinski definition) is 10. The highest BCUT2D eigenvalue weighted by Gasteiger charge is 2.48. The molecule has 10 nitrogen and oxygen atoms in total. The Balaban J connectivity index is 1.27. The lowest BCUT2D eigenvalue weighted by Crippen LogP contribution is -2.61. The zero-order valence-electron chi connectivity index (χ0n) is 31.4. The molecule has 0 aliphatic carbocycles. The van der Waals surface area contributed by atoms with Crippen LogP contribution in [0, 0.1) is 0 Å². The molecule has 1 aliphatic heterocycles. The first-order chi connectivity index (χ1) is 26.8. The van der Waals surface area contributed by atoms with Crippen LogP contribution < -0.4 is 11.1 Å². The van der Waals surface area contributed by atoms with Crippen LogP contribution in [-0.2, 0) is 64.3 Å². The van der Waals surface area contributed by atoms with Crippen molar-refractivity contribution in [3.63, 3.8) is 0 Å². The predicted octanol–water partition coefficient (Wildman–Crippen LogP) is 5.72. The first kappa shape index (κ1) is 41.6. The third kappa shape index (κ3) is 15.3. The van der Waals surface area contributed by atoms with Crippen LogP contribution in [0.3, 0.4) is 0 Å². The van der Waals surface area contributed by atoms with Crippen molar-refractivity contribution in [2.24, 2.45) is 5.73 Å². The molecular formula is C44H58N2O8. The van der Waals surface area contributed by atoms with Gasteiger partial charge in [0, 0.05) is 13.1 Å². The van der Waals surface area contributed by atoms with Gasteiger partial charge >= 0.3 is 0 Å². The van der Waals surface area contributed by atoms with Crippen LogP contribution >= 0.6 is 0 Å². The first-order valence-corrected chi connectivity index (χ1v) is 19.2. The standard InChI is InChI=1S/C44H58N2O8/c45-22-25-47-27-29-49-30-28-48-26-24-46-23-21-40-42(51-32-37-15-7-2-8-16-37)44(53-34-39-19-11-4-12-20-39)43(52-33-38-17-9-3-10-18-38)41(54-40)35-50-31-36-13-5-1-6-14-36/h1-20,40-44,46H,21-35,45H2/t40-,41-,42-,43-,44-/m1/s1. The second-order valence-electron chi connectivity index (χ2n) is 13.2. The van der Waals surface area contributed by atoms with E-state index in [-0.39, 0.29) is 6.10 Å². The molecular weight excluding hydrogens is 684 g/mol. The van der Waals surface area contributed by atoms with E-state index in [9.17, 15) is 0 Å². The molecule has 1 aliphatic rings. The lowest BCUT2D eigenvalue weighted by Gasteiger charge is -2.46. The highest BCUT2D eigenvalue weighted by Crippen LogP contribution is 2.32. The fraction of sp³-hybridized carbons (Fsp3) is 0.455. The summed E-state index contributed by atoms with van der Waals surface area (Å²) in [5, 5.41) is 3.53. The van der Waals surface area contributed by atoms with Crippen molar-refractivity contribution >= 4 is 0 Å². The van der Waals surface area contributed by atoms with Crippen molar-refractivity contribution < 1.29 is 37.9 Å². The van der Waals surface area contributed by atoms with E-state index in [1.54, 1.807) is 0 Å². The van der Waals surface area contributed by atoms with Gasteiger partial charge in [-0.25, -0.2) is 0 Å². The molecule has 0 radical (unpaired) electrons. The summed E-state index contributed by atoms with van der Waals surface area (Å²) >= 11 is 0. The van der Waals surface area contributed by atoms with Gasteiger partial charge in [0.1, 0.15) is 24.4 Å². The Morgan fingerprint density at radius 3 is 1.37 bits per heavy atom. The number of nitrogens with one attached hydrogen (secondary N) is 1. The molecule has 0 unspecified atom stereocenters. The van der Waals surface area contributed by atoms with E-state index in [2.05, 4.69) is 53.8 Å². The third-order valence-electron chi connectivity index (χ3n) is 9.01. The Labute approximate surface area is 321 Å². The van der Waals surface area contributed by atoms with Crippen LogP contribution in [0.4, 0.5) is 0 Å². The van der Waals surface area contributed by atoms with E-state index in [4.69, 9.17) is 43.6 Å². The highest BCUT2D eigenvalue weighted by atomic mass is 16.6. The minimum atomic E-state index is -0.461. The van der Waals surface area contributed by atoms with E-state index >= 15 is 0 Å². The molecule has 292 valence electrons. The van der Waals surface area contributed by atoms with Crippen molar-refractivity contribution in [3.05, 3.63) is 144 Å². The summed E-state index contributed by atoms with van der Waals surface area (Å²) in [4.78, 5) is 0. The molecule has 0 amide bonds. The lowest BCUT2D eigenvalue weighted by molar-refractivity contribution is -0.273. The maximum Gasteiger partial charge on any atom is 0.115 e. The summed E-state index contributed by atoms with van der Waals surface area (Å²) in [7, 11) is 0. The van der Waals surface area contributed by atoms with Gasteiger partial charge in [0.25, 0.3) is 0 Å². The van der Waals surface area contributed by atoms with Gasteiger partial charge < -0.3 is 48.9 Å². The number of nitrogens with two attached hydrogens (primary N) is 1. The topological polar surface area (TPSA) is 112 Å². The normalized spacial score (nSPS) is 19.9. The lowest BCUT2D eigenvalue weighted by atomic mass is 9.92. The molecule has 5 rings (SSSR count). The van der Waals surface area contributed by atoms with Gasteiger partial charge in [-0.3, -0.25) is 0 Å². The number of rotatable bonds is 27. The number of hydrogen-bond donors (Lipinski definition) is 2. The minimum absolute atomic E-state index is 0.292. The average Bonchev–Trinajstić information content (AvgIpc) is 3.22. The van der Waals surface area contributed by atoms with Gasteiger partial charge in [-0.2, -0.15) is 0 Å². The molecule has 1 saturated heterocycles. The summed E-state index contributed by atoms with van der Waals surface area (Å²) in [6.07, 6.45) is -1.31. The van der Waals surface area contributed by atoms with Crippen molar-refractivity contribution in [1.29, 1.82) is 0 Å². The quantitative estimate of drug-likeness (QED) is 0.0737. The second-order valence-corrected chi connectivity index (χ2v) is 13.2. The SMILES string of the molecule is NCCOCCOCCOCCNCC[C@H]1O[C@H](COCc2ccccc2)[C@@H](OCc2ccccc2)[C@H](OCc2ccccc2)[C@@H]1OCc1ccccc1. The molecule has 10 heteroatoms. The zero-order chi connectivity index (χ0) is 37.3. The fourth-order valence-corrected chi connectivity index (χ4v) is 6.26. The first-order valence-electron chi connectivity index (χ1n) is 19.2. The van der Waals surface area contributed by atoms with E-state index in [1.165, 1.54) is 0 Å². The molecule has 0 aromatic heterocycles. The monoisotopic (exact) mass is 742 g/mol. The molecule has 4 aromatic rings. The largest absolute Gasteiger partial charge is 0.378 e. The Hall–Kier alpha value is -3.52. The fourth-order valence-electron chi connectivity index (χ4n) is 6.26. The summed E-state index contributed by atoms with van der Waals surface area (Å²) in [5.74, 6) is 0. The predicted molar refractivity (Wildman–Crippen MR) is 209 cm³/mol. The van der Waals surface area contributed by atoms with Crippen LogP contribution in [0.25, 0.3) is 0 Å². The smallest absolute Gasteiger partial charge is 0.115 e. The maximum atomic E-state index is 6.96. The molecule has 54 heavy (non-hydrogen) atoms. The van der Waals surface area contributed by atoms with Crippen LogP contribution in [0.2, 0.25) is 0 Å². The average molecular weight is 743 g/mol. The molecule has 3 N–H and O–H groups in total. The zero-order valence-corrected chi connectivity index (χ0v) is 31.4. The Morgan fingerprint density at radius 2 is 0.870 bits per heavy atom. The van der Waals surface area contributed by atoms with E-state index in [0.717, 1.165) is 22.3 Å². The van der Waals surface area contributed by atoms with E-state index in [1.807, 2.05) is 72.8 Å². The Kier molecular flexibility index (Phi) is 19.7. The highest BCUT2D eigenvalue weighted by molar-refractivity contribution is 5.16. The molecule has 0 bridgehead atoms. The summed E-state index contributed by atoms with van der Waals surface area (Å²) in [6, 6.07) is 40.8. The molecule has 0 spiro atoms. The molecule has 1 heterocycles. The molecule has 0 saturated carbocycles. The number of ether oxygens (including phenoxy) is 8. The minimum Gasteiger partial charge on any atom is -0.378 e. The molecule has 1 fully saturated rings. The van der Waals surface area contributed by atoms with Gasteiger partial charge in [0.15, 0.2) is 0 Å². The van der Waals surface area contributed by atoms with Gasteiger partial charge in [-0.05, 0) is 35.2 Å². The van der Waals surface area contributed by atoms with Crippen LogP contribution in [0.15, 0.2) is 121 Å². The van der Waals surface area contributed by atoms with Crippen molar-refractivity contribution in [3.8, 4) is 0 Å². The van der Waals surface area contributed by atoms with Gasteiger partial charge in [-0.15, -0.1) is 0 Å². The summed E-state index contributed by atoms with van der Waals surface area (Å²) in [6.45, 7) is 7.17. The Morgan fingerprint density at radius 1 is 0.444 bits per heavy atom.